The van der Waals surface area contributed by atoms with Gasteiger partial charge in [-0.05, 0) is 49.7 Å². The highest BCUT2D eigenvalue weighted by molar-refractivity contribution is 5.39. The van der Waals surface area contributed by atoms with Crippen LogP contribution < -0.4 is 4.74 Å². The van der Waals surface area contributed by atoms with Gasteiger partial charge in [0.25, 0.3) is 0 Å². The zero-order chi connectivity index (χ0) is 11.5. The third-order valence-electron chi connectivity index (χ3n) is 2.37. The number of hydrogen-bond acceptors (Lipinski definition) is 1. The average Bonchev–Trinajstić information content (AvgIpc) is 2.25. The Bertz CT molecular complexity index is 489. The van der Waals surface area contributed by atoms with E-state index in [1.54, 1.807) is 12.1 Å². The van der Waals surface area contributed by atoms with Crippen LogP contribution in [0.3, 0.4) is 0 Å². The van der Waals surface area contributed by atoms with Crippen molar-refractivity contribution in [3.63, 3.8) is 0 Å². The van der Waals surface area contributed by atoms with E-state index in [1.807, 2.05) is 26.0 Å². The molecule has 1 nitrogen and oxygen atoms in total. The van der Waals surface area contributed by atoms with E-state index in [1.165, 1.54) is 17.7 Å². The first kappa shape index (κ1) is 10.7. The summed E-state index contributed by atoms with van der Waals surface area (Å²) in [5.41, 5.74) is 2.27. The monoisotopic (exact) mass is 216 g/mol. The van der Waals surface area contributed by atoms with Crippen LogP contribution >= 0.6 is 0 Å². The standard InChI is InChI=1S/C14H13FO/c1-10-3-8-14(11(2)9-10)16-13-6-4-12(15)5-7-13/h3-9H,1-2H3. The van der Waals surface area contributed by atoms with Crippen LogP contribution in [0.15, 0.2) is 42.5 Å². The van der Waals surface area contributed by atoms with E-state index in [9.17, 15) is 4.39 Å². The first-order chi connectivity index (χ1) is 7.65. The van der Waals surface area contributed by atoms with Crippen molar-refractivity contribution >= 4 is 0 Å². The SMILES string of the molecule is Cc1ccc(Oc2ccc(F)cc2)c(C)c1. The molecule has 0 aliphatic rings. The summed E-state index contributed by atoms with van der Waals surface area (Å²) in [6.45, 7) is 4.03. The third kappa shape index (κ3) is 2.40. The molecule has 0 amide bonds. The number of ether oxygens (including phenoxy) is 1. The highest BCUT2D eigenvalue weighted by Gasteiger charge is 2.01. The quantitative estimate of drug-likeness (QED) is 0.729. The van der Waals surface area contributed by atoms with Gasteiger partial charge < -0.3 is 4.74 Å². The molecule has 0 unspecified atom stereocenters. The van der Waals surface area contributed by atoms with E-state index in [0.717, 1.165) is 11.3 Å². The number of benzene rings is 2. The molecule has 2 heteroatoms. The normalized spacial score (nSPS) is 10.2. The molecule has 0 saturated heterocycles. The second-order valence-electron chi connectivity index (χ2n) is 3.82. The van der Waals surface area contributed by atoms with Crippen LogP contribution in [0, 0.1) is 19.7 Å². The van der Waals surface area contributed by atoms with Crippen LogP contribution in [0.2, 0.25) is 0 Å². The van der Waals surface area contributed by atoms with Crippen LogP contribution in [0.4, 0.5) is 4.39 Å². The summed E-state index contributed by atoms with van der Waals surface area (Å²) in [5.74, 6) is 1.19. The van der Waals surface area contributed by atoms with Gasteiger partial charge in [-0.15, -0.1) is 0 Å². The molecule has 0 aromatic heterocycles. The number of hydrogen-bond donors (Lipinski definition) is 0. The summed E-state index contributed by atoms with van der Waals surface area (Å²) in [4.78, 5) is 0. The molecule has 0 saturated carbocycles. The van der Waals surface area contributed by atoms with E-state index >= 15 is 0 Å². The van der Waals surface area contributed by atoms with Gasteiger partial charge in [-0.3, -0.25) is 0 Å². The van der Waals surface area contributed by atoms with Gasteiger partial charge in [0.15, 0.2) is 0 Å². The Balaban J connectivity index is 2.23. The second-order valence-corrected chi connectivity index (χ2v) is 3.82. The summed E-state index contributed by atoms with van der Waals surface area (Å²) in [7, 11) is 0. The van der Waals surface area contributed by atoms with Crippen molar-refractivity contribution in [3.05, 3.63) is 59.4 Å². The number of aryl methyl sites for hydroxylation is 2. The van der Waals surface area contributed by atoms with Gasteiger partial charge in [-0.25, -0.2) is 4.39 Å². The Morgan fingerprint density at radius 3 is 2.25 bits per heavy atom. The lowest BCUT2D eigenvalue weighted by molar-refractivity contribution is 0.477. The van der Waals surface area contributed by atoms with Crippen molar-refractivity contribution in [2.75, 3.05) is 0 Å². The summed E-state index contributed by atoms with van der Waals surface area (Å²) in [6, 6.07) is 12.0. The number of halogens is 1. The van der Waals surface area contributed by atoms with Crippen molar-refractivity contribution in [2.45, 2.75) is 13.8 Å². The highest BCUT2D eigenvalue weighted by atomic mass is 19.1. The third-order valence-corrected chi connectivity index (χ3v) is 2.37. The summed E-state index contributed by atoms with van der Waals surface area (Å²) in [6.07, 6.45) is 0. The first-order valence-corrected chi connectivity index (χ1v) is 5.16. The van der Waals surface area contributed by atoms with Crippen molar-refractivity contribution < 1.29 is 9.13 Å². The molecule has 82 valence electrons. The Labute approximate surface area is 94.5 Å². The van der Waals surface area contributed by atoms with Crippen molar-refractivity contribution in [1.29, 1.82) is 0 Å². The molecule has 2 aromatic carbocycles. The van der Waals surface area contributed by atoms with Crippen LogP contribution in [0.25, 0.3) is 0 Å². The van der Waals surface area contributed by atoms with Crippen LogP contribution in [-0.4, -0.2) is 0 Å². The fraction of sp³-hybridized carbons (Fsp3) is 0.143. The Morgan fingerprint density at radius 2 is 1.62 bits per heavy atom. The van der Waals surface area contributed by atoms with Crippen molar-refractivity contribution in [1.82, 2.24) is 0 Å². The average molecular weight is 216 g/mol. The van der Waals surface area contributed by atoms with E-state index in [0.29, 0.717) is 5.75 Å². The predicted octanol–water partition coefficient (Wildman–Crippen LogP) is 4.23. The van der Waals surface area contributed by atoms with Crippen LogP contribution in [0.5, 0.6) is 11.5 Å². The largest absolute Gasteiger partial charge is 0.457 e. The second kappa shape index (κ2) is 4.35. The molecule has 0 aliphatic heterocycles. The fourth-order valence-electron chi connectivity index (χ4n) is 1.54. The summed E-state index contributed by atoms with van der Waals surface area (Å²) < 4.78 is 18.4. The van der Waals surface area contributed by atoms with Crippen LogP contribution in [-0.2, 0) is 0 Å². The lowest BCUT2D eigenvalue weighted by atomic mass is 10.1. The maximum atomic E-state index is 12.7. The number of rotatable bonds is 2. The smallest absolute Gasteiger partial charge is 0.130 e. The minimum absolute atomic E-state index is 0.257. The molecule has 0 aliphatic carbocycles. The van der Waals surface area contributed by atoms with Crippen LogP contribution in [0.1, 0.15) is 11.1 Å². The van der Waals surface area contributed by atoms with Crippen molar-refractivity contribution in [3.8, 4) is 11.5 Å². The zero-order valence-electron chi connectivity index (χ0n) is 9.33. The lowest BCUT2D eigenvalue weighted by Gasteiger charge is -2.09. The molecule has 0 atom stereocenters. The van der Waals surface area contributed by atoms with Crippen molar-refractivity contribution in [2.24, 2.45) is 0 Å². The van der Waals surface area contributed by atoms with Gasteiger partial charge in [-0.2, -0.15) is 0 Å². The van der Waals surface area contributed by atoms with Gasteiger partial charge in [-0.1, -0.05) is 17.7 Å². The van der Waals surface area contributed by atoms with Gasteiger partial charge in [0.05, 0.1) is 0 Å². The lowest BCUT2D eigenvalue weighted by Crippen LogP contribution is -1.88. The van der Waals surface area contributed by atoms with Gasteiger partial charge in [0.2, 0.25) is 0 Å². The topological polar surface area (TPSA) is 9.23 Å². The summed E-state index contributed by atoms with van der Waals surface area (Å²) >= 11 is 0. The minimum atomic E-state index is -0.257. The highest BCUT2D eigenvalue weighted by Crippen LogP contribution is 2.25. The van der Waals surface area contributed by atoms with Gasteiger partial charge in [0.1, 0.15) is 17.3 Å². The molecular formula is C14H13FO. The molecule has 0 fully saturated rings. The maximum Gasteiger partial charge on any atom is 0.130 e. The maximum absolute atomic E-state index is 12.7. The van der Waals surface area contributed by atoms with E-state index in [2.05, 4.69) is 6.07 Å². The molecular weight excluding hydrogens is 203 g/mol. The molecule has 0 radical (unpaired) electrons. The molecule has 2 aromatic rings. The van der Waals surface area contributed by atoms with E-state index < -0.39 is 0 Å². The van der Waals surface area contributed by atoms with Gasteiger partial charge >= 0.3 is 0 Å². The van der Waals surface area contributed by atoms with E-state index in [4.69, 9.17) is 4.74 Å². The predicted molar refractivity (Wildman–Crippen MR) is 62.4 cm³/mol. The Hall–Kier alpha value is -1.83. The zero-order valence-corrected chi connectivity index (χ0v) is 9.33. The molecule has 16 heavy (non-hydrogen) atoms. The van der Waals surface area contributed by atoms with E-state index in [-0.39, 0.29) is 5.82 Å². The summed E-state index contributed by atoms with van der Waals surface area (Å²) in [5, 5.41) is 0. The molecule has 0 bridgehead atoms. The van der Waals surface area contributed by atoms with Gasteiger partial charge in [0, 0.05) is 0 Å². The molecule has 0 heterocycles. The molecule has 2 rings (SSSR count). The molecule has 0 spiro atoms. The Kier molecular flexibility index (Phi) is 2.91. The fourth-order valence-corrected chi connectivity index (χ4v) is 1.54. The Morgan fingerprint density at radius 1 is 0.938 bits per heavy atom. The minimum Gasteiger partial charge on any atom is -0.457 e. The first-order valence-electron chi connectivity index (χ1n) is 5.16. The molecule has 0 N–H and O–H groups in total.